The third-order valence-electron chi connectivity index (χ3n) is 2.08. The zero-order chi connectivity index (χ0) is 11.4. The lowest BCUT2D eigenvalue weighted by molar-refractivity contribution is 0.249. The molecule has 5 heteroatoms. The highest BCUT2D eigenvalue weighted by atomic mass is 16.2. The number of pyridine rings is 1. The van der Waals surface area contributed by atoms with Gasteiger partial charge in [0.25, 0.3) is 0 Å². The van der Waals surface area contributed by atoms with Crippen molar-refractivity contribution in [2.75, 3.05) is 0 Å². The third-order valence-corrected chi connectivity index (χ3v) is 2.08. The summed E-state index contributed by atoms with van der Waals surface area (Å²) in [5.74, 6) is 0. The molecule has 0 spiro atoms. The molecule has 0 fully saturated rings. The molecule has 0 aliphatic heterocycles. The summed E-state index contributed by atoms with van der Waals surface area (Å²) in [5, 5.41) is 5.74. The summed E-state index contributed by atoms with van der Waals surface area (Å²) in [5.41, 5.74) is 7.85. The maximum absolute atomic E-state index is 10.4. The van der Waals surface area contributed by atoms with Gasteiger partial charge < -0.3 is 5.73 Å². The molecule has 16 heavy (non-hydrogen) atoms. The zero-order valence-corrected chi connectivity index (χ0v) is 8.42. The molecule has 0 aliphatic rings. The van der Waals surface area contributed by atoms with Crippen molar-refractivity contribution in [3.8, 4) is 0 Å². The highest BCUT2D eigenvalue weighted by molar-refractivity contribution is 5.99. The Balaban J connectivity index is 2.37. The van der Waals surface area contributed by atoms with E-state index in [0.717, 1.165) is 16.3 Å². The van der Waals surface area contributed by atoms with Crippen LogP contribution >= 0.6 is 0 Å². The van der Waals surface area contributed by atoms with Crippen LogP contribution in [0.25, 0.3) is 10.8 Å². The first-order chi connectivity index (χ1) is 7.77. The van der Waals surface area contributed by atoms with Crippen LogP contribution in [0.15, 0.2) is 41.8 Å². The number of primary amides is 1. The molecule has 0 atom stereocenters. The second-order valence-corrected chi connectivity index (χ2v) is 3.18. The maximum Gasteiger partial charge on any atom is 0.332 e. The van der Waals surface area contributed by atoms with Crippen LogP contribution in [-0.4, -0.2) is 17.2 Å². The van der Waals surface area contributed by atoms with Gasteiger partial charge in [0, 0.05) is 23.3 Å². The molecule has 0 unspecified atom stereocenters. The van der Waals surface area contributed by atoms with Gasteiger partial charge in [-0.05, 0) is 5.39 Å². The fourth-order valence-corrected chi connectivity index (χ4v) is 1.41. The van der Waals surface area contributed by atoms with Crippen molar-refractivity contribution >= 4 is 23.0 Å². The number of urea groups is 1. The van der Waals surface area contributed by atoms with E-state index in [9.17, 15) is 4.79 Å². The standard InChI is InChI=1S/C11H10N4O/c12-11(16)15-14-7-9-6-13-5-8-3-1-2-4-10(8)9/h1-7H,(H3,12,15,16). The van der Waals surface area contributed by atoms with Gasteiger partial charge in [0.1, 0.15) is 0 Å². The van der Waals surface area contributed by atoms with E-state index < -0.39 is 6.03 Å². The Labute approximate surface area is 92.0 Å². The predicted molar refractivity (Wildman–Crippen MR) is 62.1 cm³/mol. The molecule has 5 nitrogen and oxygen atoms in total. The number of amides is 2. The Bertz CT molecular complexity index is 545. The number of fused-ring (bicyclic) bond motifs is 1. The number of nitrogens with zero attached hydrogens (tertiary/aromatic N) is 2. The average Bonchev–Trinajstić information content (AvgIpc) is 2.29. The molecule has 0 bridgehead atoms. The molecule has 2 aromatic rings. The van der Waals surface area contributed by atoms with Crippen LogP contribution in [0.1, 0.15) is 5.56 Å². The first kappa shape index (κ1) is 10.1. The highest BCUT2D eigenvalue weighted by Crippen LogP contribution is 2.14. The second kappa shape index (κ2) is 4.39. The number of carbonyl (C=O) groups excluding carboxylic acids is 1. The normalized spacial score (nSPS) is 10.8. The number of aromatic nitrogens is 1. The summed E-state index contributed by atoms with van der Waals surface area (Å²) >= 11 is 0. The minimum atomic E-state index is -0.690. The van der Waals surface area contributed by atoms with Gasteiger partial charge in [-0.25, -0.2) is 10.2 Å². The molecule has 0 aliphatic carbocycles. The number of nitrogens with one attached hydrogen (secondary N) is 1. The Hall–Kier alpha value is -2.43. The zero-order valence-electron chi connectivity index (χ0n) is 8.42. The van der Waals surface area contributed by atoms with Crippen molar-refractivity contribution in [3.05, 3.63) is 42.2 Å². The van der Waals surface area contributed by atoms with Crippen molar-refractivity contribution < 1.29 is 4.79 Å². The van der Waals surface area contributed by atoms with Gasteiger partial charge in [0.05, 0.1) is 6.21 Å². The summed E-state index contributed by atoms with van der Waals surface area (Å²) in [4.78, 5) is 14.5. The van der Waals surface area contributed by atoms with Crippen molar-refractivity contribution in [2.45, 2.75) is 0 Å². The summed E-state index contributed by atoms with van der Waals surface area (Å²) in [6, 6.07) is 7.10. The van der Waals surface area contributed by atoms with Crippen LogP contribution in [0.5, 0.6) is 0 Å². The SMILES string of the molecule is NC(=O)NN=Cc1cncc2ccccc12. The fourth-order valence-electron chi connectivity index (χ4n) is 1.41. The van der Waals surface area contributed by atoms with Crippen LogP contribution in [0.3, 0.4) is 0 Å². The van der Waals surface area contributed by atoms with E-state index in [2.05, 4.69) is 15.5 Å². The van der Waals surface area contributed by atoms with E-state index in [1.54, 1.807) is 12.4 Å². The molecule has 0 saturated carbocycles. The lowest BCUT2D eigenvalue weighted by Gasteiger charge is -2.00. The van der Waals surface area contributed by atoms with Gasteiger partial charge in [0.15, 0.2) is 0 Å². The van der Waals surface area contributed by atoms with Crippen LogP contribution in [0, 0.1) is 0 Å². The number of hydrogen-bond acceptors (Lipinski definition) is 3. The molecule has 1 heterocycles. The van der Waals surface area contributed by atoms with Gasteiger partial charge in [-0.2, -0.15) is 5.10 Å². The first-order valence-electron chi connectivity index (χ1n) is 4.68. The number of benzene rings is 1. The van der Waals surface area contributed by atoms with E-state index in [0.29, 0.717) is 0 Å². The molecule has 3 N–H and O–H groups in total. The predicted octanol–water partition coefficient (Wildman–Crippen LogP) is 1.24. The third kappa shape index (κ3) is 2.14. The largest absolute Gasteiger partial charge is 0.350 e. The molecular formula is C11H10N4O. The Kier molecular flexibility index (Phi) is 2.77. The molecular weight excluding hydrogens is 204 g/mol. The Morgan fingerprint density at radius 1 is 1.38 bits per heavy atom. The van der Waals surface area contributed by atoms with Crippen LogP contribution in [0.2, 0.25) is 0 Å². The monoisotopic (exact) mass is 214 g/mol. The number of carbonyl (C=O) groups is 1. The van der Waals surface area contributed by atoms with Crippen LogP contribution in [-0.2, 0) is 0 Å². The molecule has 2 rings (SSSR count). The van der Waals surface area contributed by atoms with E-state index in [1.807, 2.05) is 24.3 Å². The summed E-state index contributed by atoms with van der Waals surface area (Å²) < 4.78 is 0. The van der Waals surface area contributed by atoms with Gasteiger partial charge in [-0.15, -0.1) is 0 Å². The minimum Gasteiger partial charge on any atom is -0.350 e. The maximum atomic E-state index is 10.4. The van der Waals surface area contributed by atoms with Gasteiger partial charge >= 0.3 is 6.03 Å². The summed E-state index contributed by atoms with van der Waals surface area (Å²) in [6.07, 6.45) is 4.96. The van der Waals surface area contributed by atoms with Gasteiger partial charge in [-0.3, -0.25) is 4.98 Å². The summed E-state index contributed by atoms with van der Waals surface area (Å²) in [7, 11) is 0. The van der Waals surface area contributed by atoms with Crippen molar-refractivity contribution in [1.29, 1.82) is 0 Å². The van der Waals surface area contributed by atoms with E-state index in [-0.39, 0.29) is 0 Å². The van der Waals surface area contributed by atoms with Gasteiger partial charge in [-0.1, -0.05) is 24.3 Å². The molecule has 0 saturated heterocycles. The molecule has 80 valence electrons. The minimum absolute atomic E-state index is 0.690. The van der Waals surface area contributed by atoms with Crippen LogP contribution in [0.4, 0.5) is 4.79 Å². The van der Waals surface area contributed by atoms with Crippen molar-refractivity contribution in [1.82, 2.24) is 10.4 Å². The van der Waals surface area contributed by atoms with Gasteiger partial charge in [0.2, 0.25) is 0 Å². The first-order valence-corrected chi connectivity index (χ1v) is 4.68. The van der Waals surface area contributed by atoms with Crippen LogP contribution < -0.4 is 11.2 Å². The number of rotatable bonds is 2. The fraction of sp³-hybridized carbons (Fsp3) is 0. The smallest absolute Gasteiger partial charge is 0.332 e. The number of hydrogen-bond donors (Lipinski definition) is 2. The summed E-state index contributed by atoms with van der Waals surface area (Å²) in [6.45, 7) is 0. The molecule has 1 aromatic heterocycles. The highest BCUT2D eigenvalue weighted by Gasteiger charge is 1.97. The van der Waals surface area contributed by atoms with Crippen molar-refractivity contribution in [2.24, 2.45) is 10.8 Å². The van der Waals surface area contributed by atoms with E-state index >= 15 is 0 Å². The molecule has 2 amide bonds. The van der Waals surface area contributed by atoms with Crippen molar-refractivity contribution in [3.63, 3.8) is 0 Å². The van der Waals surface area contributed by atoms with E-state index in [1.165, 1.54) is 6.21 Å². The topological polar surface area (TPSA) is 80.4 Å². The number of nitrogens with two attached hydrogens (primary N) is 1. The second-order valence-electron chi connectivity index (χ2n) is 3.18. The lowest BCUT2D eigenvalue weighted by atomic mass is 10.1. The lowest BCUT2D eigenvalue weighted by Crippen LogP contribution is -2.24. The Morgan fingerprint density at radius 3 is 3.00 bits per heavy atom. The Morgan fingerprint density at radius 2 is 2.19 bits per heavy atom. The molecule has 0 radical (unpaired) electrons. The molecule has 1 aromatic carbocycles. The quantitative estimate of drug-likeness (QED) is 0.582. The average molecular weight is 214 g/mol. The number of hydrazone groups is 1. The van der Waals surface area contributed by atoms with E-state index in [4.69, 9.17) is 5.73 Å².